The fraction of sp³-hybridized carbons (Fsp3) is 0.0500. The summed E-state index contributed by atoms with van der Waals surface area (Å²) in [7, 11) is 0. The van der Waals surface area contributed by atoms with E-state index in [1.165, 1.54) is 30.3 Å². The van der Waals surface area contributed by atoms with Gasteiger partial charge in [0, 0.05) is 27.4 Å². The molecule has 0 amide bonds. The van der Waals surface area contributed by atoms with E-state index in [9.17, 15) is 19.8 Å². The molecule has 2 aromatic carbocycles. The van der Waals surface area contributed by atoms with Crippen LogP contribution in [0.2, 0.25) is 10.0 Å². The molecule has 1 aromatic heterocycles. The van der Waals surface area contributed by atoms with Crippen LogP contribution in [0.25, 0.3) is 11.6 Å². The highest BCUT2D eigenvalue weighted by Crippen LogP contribution is 2.35. The number of carbonyl (C=O) groups is 1. The molecule has 4 rings (SSSR count). The Labute approximate surface area is 174 Å². The predicted molar refractivity (Wildman–Crippen MR) is 111 cm³/mol. The van der Waals surface area contributed by atoms with Gasteiger partial charge in [-0.15, -0.1) is 0 Å². The topological polar surface area (TPSA) is 108 Å². The molecule has 0 spiro atoms. The molecule has 0 saturated heterocycles. The number of aromatic hydroxyl groups is 1. The Balaban J connectivity index is 1.80. The number of carboxylic acid groups (broad SMARTS) is 1. The van der Waals surface area contributed by atoms with E-state index in [4.69, 9.17) is 23.2 Å². The highest BCUT2D eigenvalue weighted by molar-refractivity contribution is 6.31. The molecule has 1 aliphatic heterocycles. The Morgan fingerprint density at radius 1 is 1.14 bits per heavy atom. The minimum atomic E-state index is -1.42. The van der Waals surface area contributed by atoms with Gasteiger partial charge in [0.05, 0.1) is 5.69 Å². The largest absolute Gasteiger partial charge is 0.493 e. The number of benzene rings is 2. The highest BCUT2D eigenvalue weighted by Gasteiger charge is 2.28. The van der Waals surface area contributed by atoms with Gasteiger partial charge in [-0.1, -0.05) is 41.4 Å². The maximum Gasteiger partial charge on any atom is 0.331 e. The number of aromatic amines is 1. The Kier molecular flexibility index (Phi) is 4.77. The zero-order chi connectivity index (χ0) is 20.7. The number of carboxylic acids is 1. The lowest BCUT2D eigenvalue weighted by Crippen LogP contribution is -2.28. The fourth-order valence-electron chi connectivity index (χ4n) is 3.18. The Hall–Kier alpha value is -3.29. The van der Waals surface area contributed by atoms with Crippen LogP contribution in [0.3, 0.4) is 0 Å². The summed E-state index contributed by atoms with van der Waals surface area (Å²) in [4.78, 5) is 31.1. The molecule has 9 heteroatoms. The van der Waals surface area contributed by atoms with Crippen molar-refractivity contribution < 1.29 is 15.0 Å². The third kappa shape index (κ3) is 3.46. The second kappa shape index (κ2) is 7.27. The number of nitrogens with zero attached hydrogens (tertiary/aromatic N) is 2. The Morgan fingerprint density at radius 2 is 1.83 bits per heavy atom. The second-order valence-corrected chi connectivity index (χ2v) is 7.22. The standard InChI is InChI=1S/C20H13Cl2N3O4/c21-12-3-1-10(2-4-12)17(19(27)28)25-18(26)16(24-20(25)29)7-11-9-23-15-8-13(22)5-6-14(11)15/h1-9,17,26H,(H,24,29)(H,27,28). The van der Waals surface area contributed by atoms with Crippen molar-refractivity contribution in [2.24, 2.45) is 4.99 Å². The number of nitrogens with one attached hydrogen (secondary N) is 1. The predicted octanol–water partition coefficient (Wildman–Crippen LogP) is 4.12. The molecule has 3 aromatic rings. The van der Waals surface area contributed by atoms with Gasteiger partial charge in [0.1, 0.15) is 5.69 Å². The highest BCUT2D eigenvalue weighted by atomic mass is 35.5. The fourth-order valence-corrected chi connectivity index (χ4v) is 3.47. The van der Waals surface area contributed by atoms with Gasteiger partial charge in [0.15, 0.2) is 6.04 Å². The zero-order valence-corrected chi connectivity index (χ0v) is 16.1. The molecule has 0 aliphatic carbocycles. The second-order valence-electron chi connectivity index (χ2n) is 6.35. The van der Waals surface area contributed by atoms with Crippen LogP contribution in [-0.2, 0) is 4.79 Å². The van der Waals surface area contributed by atoms with Crippen molar-refractivity contribution in [3.8, 4) is 5.88 Å². The lowest BCUT2D eigenvalue weighted by molar-refractivity contribution is -0.139. The molecule has 1 aliphatic rings. The molecule has 29 heavy (non-hydrogen) atoms. The van der Waals surface area contributed by atoms with Gasteiger partial charge in [-0.05, 0) is 35.9 Å². The minimum absolute atomic E-state index is 0.0689. The van der Waals surface area contributed by atoms with E-state index in [1.54, 1.807) is 24.4 Å². The number of hydrogen-bond acceptors (Lipinski definition) is 4. The molecule has 0 fully saturated rings. The molecule has 1 atom stereocenters. The molecule has 0 bridgehead atoms. The number of fused-ring (bicyclic) bond motifs is 1. The monoisotopic (exact) mass is 429 g/mol. The van der Waals surface area contributed by atoms with E-state index < -0.39 is 23.6 Å². The zero-order valence-electron chi connectivity index (χ0n) is 14.6. The van der Waals surface area contributed by atoms with Gasteiger partial charge in [-0.2, -0.15) is 0 Å². The number of hydrogen-bond donors (Lipinski definition) is 3. The SMILES string of the molecule is O=C(O)C(c1ccc(Cl)cc1)n1c(O)c(C=C2C=Nc3cc(Cl)ccc32)[nH]c1=O. The first-order valence-corrected chi connectivity index (χ1v) is 9.18. The number of allylic oxidation sites excluding steroid dienone is 1. The van der Waals surface area contributed by atoms with Crippen LogP contribution in [0.5, 0.6) is 5.88 Å². The van der Waals surface area contributed by atoms with Crippen LogP contribution < -0.4 is 5.69 Å². The van der Waals surface area contributed by atoms with Crippen LogP contribution >= 0.6 is 23.2 Å². The van der Waals surface area contributed by atoms with E-state index in [0.29, 0.717) is 26.9 Å². The minimum Gasteiger partial charge on any atom is -0.493 e. The van der Waals surface area contributed by atoms with Crippen LogP contribution in [0.4, 0.5) is 5.69 Å². The molecule has 0 saturated carbocycles. The van der Waals surface area contributed by atoms with E-state index >= 15 is 0 Å². The number of halogens is 2. The van der Waals surface area contributed by atoms with E-state index in [2.05, 4.69) is 9.98 Å². The van der Waals surface area contributed by atoms with E-state index in [0.717, 1.165) is 10.1 Å². The average molecular weight is 430 g/mol. The lowest BCUT2D eigenvalue weighted by atomic mass is 10.1. The van der Waals surface area contributed by atoms with Crippen molar-refractivity contribution in [2.75, 3.05) is 0 Å². The average Bonchev–Trinajstić information content (AvgIpc) is 3.18. The number of aliphatic carboxylic acids is 1. The van der Waals surface area contributed by atoms with Gasteiger partial charge >= 0.3 is 11.7 Å². The lowest BCUT2D eigenvalue weighted by Gasteiger charge is -2.14. The number of rotatable bonds is 4. The number of imidazole rings is 1. The summed E-state index contributed by atoms with van der Waals surface area (Å²) in [6.45, 7) is 0. The Morgan fingerprint density at radius 3 is 2.52 bits per heavy atom. The van der Waals surface area contributed by atoms with Crippen LogP contribution in [0.15, 0.2) is 52.3 Å². The van der Waals surface area contributed by atoms with Crippen molar-refractivity contribution in [3.63, 3.8) is 0 Å². The maximum atomic E-state index is 12.5. The summed E-state index contributed by atoms with van der Waals surface area (Å²) in [5.41, 5.74) is 1.67. The van der Waals surface area contributed by atoms with Gasteiger partial charge < -0.3 is 15.2 Å². The third-order valence-electron chi connectivity index (χ3n) is 4.52. The summed E-state index contributed by atoms with van der Waals surface area (Å²) in [5, 5.41) is 21.3. The quantitative estimate of drug-likeness (QED) is 0.579. The van der Waals surface area contributed by atoms with Crippen LogP contribution in [0.1, 0.15) is 22.9 Å². The van der Waals surface area contributed by atoms with Crippen molar-refractivity contribution >= 4 is 52.7 Å². The van der Waals surface area contributed by atoms with Gasteiger partial charge in [-0.3, -0.25) is 4.99 Å². The van der Waals surface area contributed by atoms with Crippen LogP contribution in [0, 0.1) is 0 Å². The van der Waals surface area contributed by atoms with E-state index in [-0.39, 0.29) is 5.69 Å². The first-order valence-electron chi connectivity index (χ1n) is 8.42. The van der Waals surface area contributed by atoms with E-state index in [1.807, 2.05) is 0 Å². The summed E-state index contributed by atoms with van der Waals surface area (Å²) in [6.07, 6.45) is 3.10. The van der Waals surface area contributed by atoms with Gasteiger partial charge in [-0.25, -0.2) is 14.2 Å². The van der Waals surface area contributed by atoms with Crippen molar-refractivity contribution in [1.29, 1.82) is 0 Å². The molecule has 7 nitrogen and oxygen atoms in total. The first-order chi connectivity index (χ1) is 13.8. The molecular formula is C20H13Cl2N3O4. The molecular weight excluding hydrogens is 417 g/mol. The summed E-state index contributed by atoms with van der Waals surface area (Å²) in [5.74, 6) is -1.80. The molecule has 146 valence electrons. The summed E-state index contributed by atoms with van der Waals surface area (Å²) in [6, 6.07) is 9.76. The van der Waals surface area contributed by atoms with Gasteiger partial charge in [0.25, 0.3) is 0 Å². The molecule has 3 N–H and O–H groups in total. The summed E-state index contributed by atoms with van der Waals surface area (Å²) < 4.78 is 0.785. The normalized spacial score (nSPS) is 14.9. The summed E-state index contributed by atoms with van der Waals surface area (Å²) >= 11 is 11.8. The number of aliphatic imine (C=N–C) groups is 1. The van der Waals surface area contributed by atoms with Crippen molar-refractivity contribution in [2.45, 2.75) is 6.04 Å². The molecule has 0 radical (unpaired) electrons. The third-order valence-corrected chi connectivity index (χ3v) is 5.01. The number of aromatic nitrogens is 2. The molecule has 1 unspecified atom stereocenters. The molecule has 2 heterocycles. The van der Waals surface area contributed by atoms with Crippen molar-refractivity contribution in [3.05, 3.63) is 79.8 Å². The first kappa shape index (κ1) is 19.0. The smallest absolute Gasteiger partial charge is 0.331 e. The van der Waals surface area contributed by atoms with Gasteiger partial charge in [0.2, 0.25) is 5.88 Å². The van der Waals surface area contributed by atoms with Crippen LogP contribution in [-0.4, -0.2) is 31.9 Å². The van der Waals surface area contributed by atoms with Crippen molar-refractivity contribution in [1.82, 2.24) is 9.55 Å². The number of H-pyrrole nitrogens is 1. The maximum absolute atomic E-state index is 12.5. The Bertz CT molecular complexity index is 1240.